The normalized spacial score (nSPS) is 10.6. The second kappa shape index (κ2) is 5.86. The Kier molecular flexibility index (Phi) is 3.75. The van der Waals surface area contributed by atoms with E-state index in [1.165, 1.54) is 6.07 Å². The van der Waals surface area contributed by atoms with Crippen molar-refractivity contribution in [2.24, 2.45) is 0 Å². The molecule has 0 spiro atoms. The van der Waals surface area contributed by atoms with Gasteiger partial charge in [-0.1, -0.05) is 12.1 Å². The van der Waals surface area contributed by atoms with E-state index in [0.717, 1.165) is 0 Å². The molecular formula is C13H9ClN4O4. The first-order valence-electron chi connectivity index (χ1n) is 6.18. The Bertz CT molecular complexity index is 856. The standard InChI is InChI=1S/C13H9ClN4O4/c14-22-11(20)6-7-5-10(19)17-12(15-7)18-13-16-8-3-1-2-4-9(8)21-13/h1-5H,6H2,(H2,15,16,17,18,19). The van der Waals surface area contributed by atoms with Gasteiger partial charge in [0.15, 0.2) is 5.58 Å². The third-order valence-electron chi connectivity index (χ3n) is 2.73. The highest BCUT2D eigenvalue weighted by atomic mass is 35.5. The number of aromatic amines is 1. The van der Waals surface area contributed by atoms with E-state index in [2.05, 4.69) is 24.6 Å². The molecule has 0 amide bonds. The zero-order valence-corrected chi connectivity index (χ0v) is 11.8. The van der Waals surface area contributed by atoms with Crippen molar-refractivity contribution in [2.45, 2.75) is 6.42 Å². The Morgan fingerprint density at radius 2 is 2.18 bits per heavy atom. The summed E-state index contributed by atoms with van der Waals surface area (Å²) in [5.74, 6) is -0.621. The monoisotopic (exact) mass is 320 g/mol. The number of benzene rings is 1. The van der Waals surface area contributed by atoms with Gasteiger partial charge in [-0.3, -0.25) is 19.9 Å². The van der Waals surface area contributed by atoms with Crippen LogP contribution in [0.3, 0.4) is 0 Å². The first-order chi connectivity index (χ1) is 10.6. The molecule has 0 unspecified atom stereocenters. The summed E-state index contributed by atoms with van der Waals surface area (Å²) >= 11 is 4.95. The molecule has 2 heterocycles. The molecule has 3 rings (SSSR count). The van der Waals surface area contributed by atoms with Crippen molar-refractivity contribution in [1.29, 1.82) is 0 Å². The molecule has 22 heavy (non-hydrogen) atoms. The molecular weight excluding hydrogens is 312 g/mol. The summed E-state index contributed by atoms with van der Waals surface area (Å²) in [6, 6.07) is 8.53. The molecule has 0 aliphatic rings. The van der Waals surface area contributed by atoms with Crippen LogP contribution in [0.5, 0.6) is 0 Å². The lowest BCUT2D eigenvalue weighted by molar-refractivity contribution is -0.133. The molecule has 0 saturated carbocycles. The number of fused-ring (bicyclic) bond motifs is 1. The summed E-state index contributed by atoms with van der Waals surface area (Å²) in [5.41, 5.74) is 1.02. The zero-order chi connectivity index (χ0) is 15.5. The van der Waals surface area contributed by atoms with Crippen molar-refractivity contribution >= 4 is 40.9 Å². The van der Waals surface area contributed by atoms with Crippen LogP contribution in [0.4, 0.5) is 12.0 Å². The van der Waals surface area contributed by atoms with E-state index in [1.54, 1.807) is 12.1 Å². The van der Waals surface area contributed by atoms with Crippen molar-refractivity contribution < 1.29 is 13.5 Å². The van der Waals surface area contributed by atoms with E-state index < -0.39 is 11.5 Å². The summed E-state index contributed by atoms with van der Waals surface area (Å²) in [6.45, 7) is 0. The molecule has 1 aromatic carbocycles. The number of hydrogen-bond acceptors (Lipinski definition) is 7. The van der Waals surface area contributed by atoms with Crippen molar-refractivity contribution in [3.8, 4) is 0 Å². The number of carbonyl (C=O) groups excluding carboxylic acids is 1. The van der Waals surface area contributed by atoms with Crippen LogP contribution >= 0.6 is 11.9 Å². The number of nitrogens with one attached hydrogen (secondary N) is 2. The molecule has 3 aromatic rings. The van der Waals surface area contributed by atoms with Crippen LogP contribution in [0, 0.1) is 0 Å². The highest BCUT2D eigenvalue weighted by molar-refractivity contribution is 6.13. The lowest BCUT2D eigenvalue weighted by Crippen LogP contribution is -2.14. The van der Waals surface area contributed by atoms with Gasteiger partial charge in [-0.25, -0.2) is 4.98 Å². The maximum absolute atomic E-state index is 11.6. The van der Waals surface area contributed by atoms with E-state index in [-0.39, 0.29) is 24.1 Å². The fraction of sp³-hybridized carbons (Fsp3) is 0.0769. The minimum absolute atomic E-state index is 0.0939. The van der Waals surface area contributed by atoms with Crippen LogP contribution < -0.4 is 10.9 Å². The first-order valence-corrected chi connectivity index (χ1v) is 6.49. The smallest absolute Gasteiger partial charge is 0.330 e. The maximum atomic E-state index is 11.6. The number of aromatic nitrogens is 3. The van der Waals surface area contributed by atoms with Gasteiger partial charge < -0.3 is 8.71 Å². The summed E-state index contributed by atoms with van der Waals surface area (Å²) < 4.78 is 9.48. The number of para-hydroxylation sites is 2. The third-order valence-corrected chi connectivity index (χ3v) is 2.90. The van der Waals surface area contributed by atoms with E-state index in [1.807, 2.05) is 12.1 Å². The molecule has 2 aromatic heterocycles. The van der Waals surface area contributed by atoms with Crippen LogP contribution in [-0.2, 0) is 15.5 Å². The third kappa shape index (κ3) is 3.07. The molecule has 0 saturated heterocycles. The molecule has 0 atom stereocenters. The van der Waals surface area contributed by atoms with Gasteiger partial charge in [0.2, 0.25) is 5.95 Å². The largest absolute Gasteiger partial charge is 0.423 e. The number of hydrogen-bond donors (Lipinski definition) is 2. The zero-order valence-electron chi connectivity index (χ0n) is 11.0. The van der Waals surface area contributed by atoms with Crippen molar-refractivity contribution in [2.75, 3.05) is 5.32 Å². The number of oxazole rings is 1. The summed E-state index contributed by atoms with van der Waals surface area (Å²) in [7, 11) is 0. The van der Waals surface area contributed by atoms with Crippen LogP contribution in [0.1, 0.15) is 5.69 Å². The quantitative estimate of drug-likeness (QED) is 0.755. The number of nitrogens with zero attached hydrogens (tertiary/aromatic N) is 2. The van der Waals surface area contributed by atoms with Crippen LogP contribution in [-0.4, -0.2) is 20.9 Å². The SMILES string of the molecule is O=C(Cc1cc(=O)[nH]c(Nc2nc3ccccc3o2)n1)OCl. The predicted molar refractivity (Wildman–Crippen MR) is 77.8 cm³/mol. The highest BCUT2D eigenvalue weighted by Gasteiger charge is 2.10. The second-order valence-corrected chi connectivity index (χ2v) is 4.48. The van der Waals surface area contributed by atoms with Gasteiger partial charge in [0.25, 0.3) is 5.56 Å². The number of halogens is 1. The average molecular weight is 321 g/mol. The van der Waals surface area contributed by atoms with Crippen LogP contribution in [0.2, 0.25) is 0 Å². The van der Waals surface area contributed by atoms with Gasteiger partial charge in [0.05, 0.1) is 12.1 Å². The molecule has 8 nitrogen and oxygen atoms in total. The molecule has 9 heteroatoms. The van der Waals surface area contributed by atoms with Gasteiger partial charge >= 0.3 is 12.0 Å². The van der Waals surface area contributed by atoms with E-state index >= 15 is 0 Å². The number of H-pyrrole nitrogens is 1. The number of anilines is 2. The second-order valence-electron chi connectivity index (χ2n) is 4.32. The van der Waals surface area contributed by atoms with Crippen molar-refractivity contribution in [3.63, 3.8) is 0 Å². The lowest BCUT2D eigenvalue weighted by atomic mass is 10.3. The molecule has 0 aliphatic carbocycles. The predicted octanol–water partition coefficient (Wildman–Crippen LogP) is 1.89. The molecule has 2 N–H and O–H groups in total. The Balaban J connectivity index is 1.88. The Morgan fingerprint density at radius 1 is 1.36 bits per heavy atom. The first kappa shape index (κ1) is 14.1. The molecule has 0 aliphatic heterocycles. The molecule has 0 bridgehead atoms. The van der Waals surface area contributed by atoms with Gasteiger partial charge in [-0.05, 0) is 12.1 Å². The maximum Gasteiger partial charge on any atom is 0.330 e. The Hall–Kier alpha value is -2.87. The van der Waals surface area contributed by atoms with Crippen molar-refractivity contribution in [1.82, 2.24) is 15.0 Å². The van der Waals surface area contributed by atoms with E-state index in [4.69, 9.17) is 16.3 Å². The summed E-state index contributed by atoms with van der Waals surface area (Å²) in [6.07, 6.45) is -0.227. The molecule has 112 valence electrons. The number of rotatable bonds is 4. The lowest BCUT2D eigenvalue weighted by Gasteiger charge is -2.02. The average Bonchev–Trinajstić information content (AvgIpc) is 2.88. The summed E-state index contributed by atoms with van der Waals surface area (Å²) in [5, 5.41) is 2.74. The Labute approximate surface area is 128 Å². The molecule has 0 fully saturated rings. The fourth-order valence-electron chi connectivity index (χ4n) is 1.86. The summed E-state index contributed by atoms with van der Waals surface area (Å²) in [4.78, 5) is 33.4. The minimum Gasteiger partial charge on any atom is -0.423 e. The number of carbonyl (C=O) groups is 1. The fourth-order valence-corrected chi connectivity index (χ4v) is 1.91. The van der Waals surface area contributed by atoms with Gasteiger partial charge in [0, 0.05) is 6.07 Å². The van der Waals surface area contributed by atoms with E-state index in [0.29, 0.717) is 11.1 Å². The highest BCUT2D eigenvalue weighted by Crippen LogP contribution is 2.19. The van der Waals surface area contributed by atoms with Crippen molar-refractivity contribution in [3.05, 3.63) is 46.4 Å². The van der Waals surface area contributed by atoms with Crippen LogP contribution in [0.25, 0.3) is 11.1 Å². The van der Waals surface area contributed by atoms with Crippen LogP contribution in [0.15, 0.2) is 39.5 Å². The van der Waals surface area contributed by atoms with Gasteiger partial charge in [-0.15, -0.1) is 0 Å². The minimum atomic E-state index is -0.715. The Morgan fingerprint density at radius 3 is 2.95 bits per heavy atom. The topological polar surface area (TPSA) is 110 Å². The molecule has 0 radical (unpaired) electrons. The van der Waals surface area contributed by atoms with Gasteiger partial charge in [0.1, 0.15) is 17.4 Å². The van der Waals surface area contributed by atoms with E-state index in [9.17, 15) is 9.59 Å². The van der Waals surface area contributed by atoms with Gasteiger partial charge in [-0.2, -0.15) is 4.98 Å².